The zero-order chi connectivity index (χ0) is 8.43. The summed E-state index contributed by atoms with van der Waals surface area (Å²) in [7, 11) is 0. The van der Waals surface area contributed by atoms with Crippen molar-refractivity contribution in [3.05, 3.63) is 11.6 Å². The summed E-state index contributed by atoms with van der Waals surface area (Å²) in [5.41, 5.74) is 0.678. The highest BCUT2D eigenvalue weighted by atomic mass is 16.5. The number of ether oxygens (including phenoxy) is 1. The van der Waals surface area contributed by atoms with E-state index in [1.807, 2.05) is 0 Å². The smallest absolute Gasteiger partial charge is 0.331 e. The molecule has 11 heavy (non-hydrogen) atoms. The first-order valence-corrected chi connectivity index (χ1v) is 3.20. The maximum absolute atomic E-state index is 10.6. The summed E-state index contributed by atoms with van der Waals surface area (Å²) in [6.45, 7) is 1.68. The van der Waals surface area contributed by atoms with E-state index in [4.69, 9.17) is 5.11 Å². The van der Waals surface area contributed by atoms with E-state index in [-0.39, 0.29) is 6.42 Å². The molecule has 0 aliphatic carbocycles. The second-order valence-electron chi connectivity index (χ2n) is 2.41. The molecule has 60 valence electrons. The zero-order valence-electron chi connectivity index (χ0n) is 6.03. The van der Waals surface area contributed by atoms with Crippen molar-refractivity contribution < 1.29 is 19.4 Å². The Balaban J connectivity index is 2.57. The van der Waals surface area contributed by atoms with Gasteiger partial charge in [-0.3, -0.25) is 4.79 Å². The SMILES string of the molecule is CC1=CC(=O)O[C@@H]1CC(=O)O. The zero-order valence-corrected chi connectivity index (χ0v) is 6.03. The summed E-state index contributed by atoms with van der Waals surface area (Å²) < 4.78 is 4.67. The van der Waals surface area contributed by atoms with Gasteiger partial charge in [0.2, 0.25) is 0 Å². The van der Waals surface area contributed by atoms with Gasteiger partial charge >= 0.3 is 11.9 Å². The summed E-state index contributed by atoms with van der Waals surface area (Å²) >= 11 is 0. The first-order valence-electron chi connectivity index (χ1n) is 3.20. The molecule has 4 nitrogen and oxygen atoms in total. The molecule has 0 bridgehead atoms. The maximum Gasteiger partial charge on any atom is 0.331 e. The third-order valence-corrected chi connectivity index (χ3v) is 1.47. The minimum atomic E-state index is -0.961. The molecule has 4 heteroatoms. The Bertz CT molecular complexity index is 229. The van der Waals surface area contributed by atoms with E-state index in [1.54, 1.807) is 6.92 Å². The highest BCUT2D eigenvalue weighted by Crippen LogP contribution is 2.17. The van der Waals surface area contributed by atoms with E-state index < -0.39 is 18.0 Å². The van der Waals surface area contributed by atoms with Crippen molar-refractivity contribution in [2.45, 2.75) is 19.4 Å². The maximum atomic E-state index is 10.6. The van der Waals surface area contributed by atoms with Gasteiger partial charge in [-0.15, -0.1) is 0 Å². The number of cyclic esters (lactones) is 1. The molecule has 0 radical (unpaired) electrons. The average molecular weight is 156 g/mol. The second-order valence-corrected chi connectivity index (χ2v) is 2.41. The molecule has 0 fully saturated rings. The van der Waals surface area contributed by atoms with E-state index in [0.29, 0.717) is 5.57 Å². The topological polar surface area (TPSA) is 63.6 Å². The van der Waals surface area contributed by atoms with Gasteiger partial charge < -0.3 is 9.84 Å². The largest absolute Gasteiger partial charge is 0.481 e. The average Bonchev–Trinajstić information content (AvgIpc) is 2.09. The number of hydrogen-bond donors (Lipinski definition) is 1. The van der Waals surface area contributed by atoms with Crippen LogP contribution in [0.2, 0.25) is 0 Å². The summed E-state index contributed by atoms with van der Waals surface area (Å²) in [6.07, 6.45) is 0.613. The predicted octanol–water partition coefficient (Wildman–Crippen LogP) is 0.333. The molecule has 0 saturated carbocycles. The lowest BCUT2D eigenvalue weighted by molar-refractivity contribution is -0.144. The van der Waals surface area contributed by atoms with Crippen molar-refractivity contribution in [3.8, 4) is 0 Å². The molecule has 0 unspecified atom stereocenters. The van der Waals surface area contributed by atoms with Crippen molar-refractivity contribution >= 4 is 11.9 Å². The van der Waals surface area contributed by atoms with Crippen LogP contribution in [0.3, 0.4) is 0 Å². The Morgan fingerprint density at radius 1 is 1.82 bits per heavy atom. The van der Waals surface area contributed by atoms with Gasteiger partial charge in [-0.1, -0.05) is 0 Å². The number of carboxylic acid groups (broad SMARTS) is 1. The van der Waals surface area contributed by atoms with Crippen molar-refractivity contribution in [3.63, 3.8) is 0 Å². The van der Waals surface area contributed by atoms with E-state index in [2.05, 4.69) is 4.74 Å². The number of carboxylic acids is 1. The molecule has 1 aliphatic heterocycles. The molecular weight excluding hydrogens is 148 g/mol. The Labute approximate surface area is 63.5 Å². The first kappa shape index (κ1) is 7.78. The van der Waals surface area contributed by atoms with Gasteiger partial charge in [0, 0.05) is 6.08 Å². The molecule has 0 aromatic rings. The van der Waals surface area contributed by atoms with Crippen molar-refractivity contribution in [2.75, 3.05) is 0 Å². The molecule has 1 aliphatic rings. The number of aliphatic carboxylic acids is 1. The van der Waals surface area contributed by atoms with Gasteiger partial charge in [0.25, 0.3) is 0 Å². The van der Waals surface area contributed by atoms with Gasteiger partial charge in [-0.2, -0.15) is 0 Å². The molecule has 0 amide bonds. The highest BCUT2D eigenvalue weighted by Gasteiger charge is 2.24. The number of carbonyl (C=O) groups is 2. The quantitative estimate of drug-likeness (QED) is 0.585. The molecule has 1 atom stereocenters. The monoisotopic (exact) mass is 156 g/mol. The predicted molar refractivity (Wildman–Crippen MR) is 35.9 cm³/mol. The Morgan fingerprint density at radius 2 is 2.45 bits per heavy atom. The standard InChI is InChI=1S/C7H8O4/c1-4-2-7(10)11-5(4)3-6(8)9/h2,5H,3H2,1H3,(H,8,9)/t5-/m1/s1. The van der Waals surface area contributed by atoms with Crippen LogP contribution in [0.5, 0.6) is 0 Å². The van der Waals surface area contributed by atoms with Gasteiger partial charge in [-0.25, -0.2) is 4.79 Å². The molecule has 0 aromatic heterocycles. The normalized spacial score (nSPS) is 22.8. The number of carbonyl (C=O) groups excluding carboxylic acids is 1. The summed E-state index contributed by atoms with van der Waals surface area (Å²) in [5, 5.41) is 8.36. The van der Waals surface area contributed by atoms with Crippen LogP contribution in [-0.2, 0) is 14.3 Å². The minimum Gasteiger partial charge on any atom is -0.481 e. The van der Waals surface area contributed by atoms with Crippen LogP contribution in [0.25, 0.3) is 0 Å². The summed E-state index contributed by atoms with van der Waals surface area (Å²) in [6, 6.07) is 0. The molecule has 0 aromatic carbocycles. The van der Waals surface area contributed by atoms with Crippen molar-refractivity contribution in [1.82, 2.24) is 0 Å². The fourth-order valence-electron chi connectivity index (χ4n) is 0.907. The van der Waals surface area contributed by atoms with Crippen molar-refractivity contribution in [2.24, 2.45) is 0 Å². The van der Waals surface area contributed by atoms with Gasteiger partial charge in [0.15, 0.2) is 0 Å². The van der Waals surface area contributed by atoms with Crippen LogP contribution < -0.4 is 0 Å². The number of esters is 1. The highest BCUT2D eigenvalue weighted by molar-refractivity contribution is 5.86. The first-order chi connectivity index (χ1) is 5.09. The van der Waals surface area contributed by atoms with Crippen molar-refractivity contribution in [1.29, 1.82) is 0 Å². The Hall–Kier alpha value is -1.32. The van der Waals surface area contributed by atoms with Crippen LogP contribution in [0.15, 0.2) is 11.6 Å². The number of hydrogen-bond acceptors (Lipinski definition) is 3. The van der Waals surface area contributed by atoms with E-state index in [1.165, 1.54) is 6.08 Å². The Morgan fingerprint density at radius 3 is 2.82 bits per heavy atom. The third-order valence-electron chi connectivity index (χ3n) is 1.47. The van der Waals surface area contributed by atoms with E-state index in [9.17, 15) is 9.59 Å². The molecule has 1 rings (SSSR count). The fraction of sp³-hybridized carbons (Fsp3) is 0.429. The van der Waals surface area contributed by atoms with Gasteiger partial charge in [-0.05, 0) is 12.5 Å². The third kappa shape index (κ3) is 1.80. The molecule has 1 N–H and O–H groups in total. The molecule has 0 spiro atoms. The summed E-state index contributed by atoms with van der Waals surface area (Å²) in [4.78, 5) is 20.7. The van der Waals surface area contributed by atoms with Crippen LogP contribution >= 0.6 is 0 Å². The van der Waals surface area contributed by atoms with Gasteiger partial charge in [0.1, 0.15) is 6.10 Å². The van der Waals surface area contributed by atoms with Gasteiger partial charge in [0.05, 0.1) is 6.42 Å². The molecule has 1 heterocycles. The Kier molecular flexibility index (Phi) is 1.94. The lowest BCUT2D eigenvalue weighted by Crippen LogP contribution is -2.15. The number of rotatable bonds is 2. The molecule has 0 saturated heterocycles. The van der Waals surface area contributed by atoms with E-state index in [0.717, 1.165) is 0 Å². The minimum absolute atomic E-state index is 0.145. The van der Waals surface area contributed by atoms with Crippen LogP contribution in [0.1, 0.15) is 13.3 Å². The lowest BCUT2D eigenvalue weighted by atomic mass is 10.1. The summed E-state index contributed by atoms with van der Waals surface area (Å²) in [5.74, 6) is -1.41. The lowest BCUT2D eigenvalue weighted by Gasteiger charge is -2.07. The second kappa shape index (κ2) is 2.74. The molecular formula is C7H8O4. The van der Waals surface area contributed by atoms with Crippen LogP contribution in [0.4, 0.5) is 0 Å². The van der Waals surface area contributed by atoms with E-state index >= 15 is 0 Å². The van der Waals surface area contributed by atoms with Crippen LogP contribution in [0, 0.1) is 0 Å². The fourth-order valence-corrected chi connectivity index (χ4v) is 0.907. The van der Waals surface area contributed by atoms with Crippen LogP contribution in [-0.4, -0.2) is 23.1 Å².